The number of rotatable bonds is 5. The molecule has 0 radical (unpaired) electrons. The van der Waals surface area contributed by atoms with Crippen LogP contribution < -0.4 is 4.90 Å². The lowest BCUT2D eigenvalue weighted by Gasteiger charge is -2.46. The number of carbonyl (C=O) groups is 2. The molecule has 2 atom stereocenters. The Bertz CT molecular complexity index is 800. The van der Waals surface area contributed by atoms with Crippen LogP contribution in [0.5, 0.6) is 0 Å². The van der Waals surface area contributed by atoms with Gasteiger partial charge in [-0.15, -0.1) is 0 Å². The van der Waals surface area contributed by atoms with Gasteiger partial charge in [0.15, 0.2) is 6.61 Å². The van der Waals surface area contributed by atoms with Crippen LogP contribution in [0.1, 0.15) is 45.4 Å². The summed E-state index contributed by atoms with van der Waals surface area (Å²) in [7, 11) is 0. The summed E-state index contributed by atoms with van der Waals surface area (Å²) in [4.78, 5) is 30.5. The van der Waals surface area contributed by atoms with E-state index in [-0.39, 0.29) is 29.8 Å². The van der Waals surface area contributed by atoms with Crippen molar-refractivity contribution in [2.75, 3.05) is 24.6 Å². The molecule has 0 aromatic heterocycles. The Morgan fingerprint density at radius 2 is 1.62 bits per heavy atom. The lowest BCUT2D eigenvalue weighted by molar-refractivity contribution is -0.117. The number of anilines is 1. The summed E-state index contributed by atoms with van der Waals surface area (Å²) >= 11 is 0. The van der Waals surface area contributed by atoms with Gasteiger partial charge in [0.05, 0.1) is 0 Å². The molecule has 3 saturated heterocycles. The van der Waals surface area contributed by atoms with Crippen molar-refractivity contribution in [3.05, 3.63) is 30.1 Å². The molecule has 0 spiro atoms. The second-order valence-electron chi connectivity index (χ2n) is 9.02. The van der Waals surface area contributed by atoms with Crippen LogP contribution in [0.2, 0.25) is 0 Å². The Hall–Kier alpha value is -2.29. The van der Waals surface area contributed by atoms with Crippen molar-refractivity contribution in [1.82, 2.24) is 9.80 Å². The van der Waals surface area contributed by atoms with Crippen LogP contribution in [0.3, 0.4) is 0 Å². The smallest absolute Gasteiger partial charge is 0.410 e. The van der Waals surface area contributed by atoms with Crippen LogP contribution >= 0.6 is 0 Å². The van der Waals surface area contributed by atoms with Crippen LogP contribution in [0.4, 0.5) is 23.7 Å². The van der Waals surface area contributed by atoms with Crippen LogP contribution in [0.15, 0.2) is 24.3 Å². The minimum Gasteiger partial charge on any atom is -0.443 e. The highest BCUT2D eigenvalue weighted by Gasteiger charge is 2.46. The van der Waals surface area contributed by atoms with Crippen molar-refractivity contribution in [3.8, 4) is 0 Å². The average Bonchev–Trinajstić information content (AvgIpc) is 3.03. The molecule has 2 bridgehead atoms. The van der Waals surface area contributed by atoms with Crippen LogP contribution in [0, 0.1) is 5.82 Å². The summed E-state index contributed by atoms with van der Waals surface area (Å²) in [5.74, 6) is -0.380. The van der Waals surface area contributed by atoms with Crippen LogP contribution in [-0.4, -0.2) is 72.1 Å². The zero-order valence-electron chi connectivity index (χ0n) is 18.3. The van der Waals surface area contributed by atoms with Gasteiger partial charge in [0.25, 0.3) is 6.43 Å². The first-order chi connectivity index (χ1) is 15.3. The summed E-state index contributed by atoms with van der Waals surface area (Å²) in [5.41, 5.74) is 0.714. The predicted octanol–water partition coefficient (Wildman–Crippen LogP) is 4.04. The lowest BCUT2D eigenvalue weighted by Crippen LogP contribution is -2.55. The second-order valence-corrected chi connectivity index (χ2v) is 9.02. The summed E-state index contributed by atoms with van der Waals surface area (Å²) in [5, 5.41) is 0. The molecule has 176 valence electrons. The molecule has 3 fully saturated rings. The molecule has 6 nitrogen and oxygen atoms in total. The number of ether oxygens (including phenoxy) is 1. The number of nitrogens with zero attached hydrogens (tertiary/aromatic N) is 3. The number of benzene rings is 1. The number of carbonyl (C=O) groups excluding carboxylic acids is 2. The molecule has 3 aliphatic heterocycles. The molecule has 9 heteroatoms. The van der Waals surface area contributed by atoms with Crippen molar-refractivity contribution >= 4 is 17.7 Å². The average molecular weight is 454 g/mol. The van der Waals surface area contributed by atoms with Gasteiger partial charge in [0.2, 0.25) is 5.91 Å². The Balaban J connectivity index is 1.33. The standard InChI is InChI=1S/C23H30F3N3O3/c1-15(30)28(17-4-2-16(24)3-5-17)18-8-10-27(11-9-18)21-12-19-6-7-20(13-21)29(19)23(31)32-14-22(25)26/h2-5,18-22H,6-14H2,1H3. The topological polar surface area (TPSA) is 53.1 Å². The number of likely N-dealkylation sites (tertiary alicyclic amines) is 1. The van der Waals surface area contributed by atoms with E-state index in [0.29, 0.717) is 11.7 Å². The highest BCUT2D eigenvalue weighted by molar-refractivity contribution is 5.92. The van der Waals surface area contributed by atoms with E-state index in [9.17, 15) is 22.8 Å². The van der Waals surface area contributed by atoms with E-state index in [1.165, 1.54) is 19.1 Å². The van der Waals surface area contributed by atoms with E-state index < -0.39 is 19.1 Å². The molecule has 2 unspecified atom stereocenters. The lowest BCUT2D eigenvalue weighted by atomic mass is 9.93. The van der Waals surface area contributed by atoms with Crippen molar-refractivity contribution in [3.63, 3.8) is 0 Å². The highest BCUT2D eigenvalue weighted by atomic mass is 19.3. The monoisotopic (exact) mass is 453 g/mol. The second kappa shape index (κ2) is 9.68. The van der Waals surface area contributed by atoms with E-state index in [4.69, 9.17) is 4.74 Å². The zero-order valence-corrected chi connectivity index (χ0v) is 18.3. The zero-order chi connectivity index (χ0) is 22.8. The number of amides is 2. The molecular formula is C23H30F3N3O3. The van der Waals surface area contributed by atoms with Gasteiger partial charge in [-0.25, -0.2) is 18.0 Å². The molecule has 0 saturated carbocycles. The Kier molecular flexibility index (Phi) is 6.93. The minimum absolute atomic E-state index is 0.0366. The molecule has 32 heavy (non-hydrogen) atoms. The maximum Gasteiger partial charge on any atom is 0.410 e. The van der Waals surface area contributed by atoms with Crippen molar-refractivity contribution < 1.29 is 27.5 Å². The number of hydrogen-bond donors (Lipinski definition) is 0. The van der Waals surface area contributed by atoms with Crippen molar-refractivity contribution in [2.24, 2.45) is 0 Å². The first-order valence-electron chi connectivity index (χ1n) is 11.4. The van der Waals surface area contributed by atoms with E-state index >= 15 is 0 Å². The molecule has 1 aromatic carbocycles. The van der Waals surface area contributed by atoms with Gasteiger partial charge in [-0.2, -0.15) is 0 Å². The summed E-state index contributed by atoms with van der Waals surface area (Å²) in [6.45, 7) is 2.37. The van der Waals surface area contributed by atoms with Gasteiger partial charge in [0, 0.05) is 49.9 Å². The fraction of sp³-hybridized carbons (Fsp3) is 0.652. The number of fused-ring (bicyclic) bond motifs is 2. The third-order valence-corrected chi connectivity index (χ3v) is 7.08. The van der Waals surface area contributed by atoms with Gasteiger partial charge in [-0.05, 0) is 62.8 Å². The first-order valence-corrected chi connectivity index (χ1v) is 11.4. The Labute approximate surface area is 186 Å². The fourth-order valence-electron chi connectivity index (χ4n) is 5.71. The van der Waals surface area contributed by atoms with Crippen LogP contribution in [0.25, 0.3) is 0 Å². The number of halogens is 3. The normalized spacial score (nSPS) is 26.4. The van der Waals surface area contributed by atoms with Gasteiger partial charge >= 0.3 is 6.09 Å². The van der Waals surface area contributed by atoms with Gasteiger partial charge < -0.3 is 19.4 Å². The number of piperidine rings is 2. The molecule has 2 amide bonds. The number of alkyl halides is 2. The number of hydrogen-bond acceptors (Lipinski definition) is 4. The molecule has 1 aromatic rings. The summed E-state index contributed by atoms with van der Waals surface area (Å²) in [6, 6.07) is 6.50. The largest absolute Gasteiger partial charge is 0.443 e. The van der Waals surface area contributed by atoms with Crippen LogP contribution in [-0.2, 0) is 9.53 Å². The minimum atomic E-state index is -2.65. The molecule has 0 N–H and O–H groups in total. The highest BCUT2D eigenvalue weighted by Crippen LogP contribution is 2.39. The van der Waals surface area contributed by atoms with Gasteiger partial charge in [-0.1, -0.05) is 0 Å². The SMILES string of the molecule is CC(=O)N(c1ccc(F)cc1)C1CCN(C2CC3CCC(C2)N3C(=O)OCC(F)F)CC1. The van der Waals surface area contributed by atoms with E-state index in [0.717, 1.165) is 51.6 Å². The van der Waals surface area contributed by atoms with Gasteiger partial charge in [0.1, 0.15) is 5.82 Å². The first kappa shape index (κ1) is 22.9. The third kappa shape index (κ3) is 4.87. The Morgan fingerprint density at radius 3 is 2.16 bits per heavy atom. The van der Waals surface area contributed by atoms with Gasteiger partial charge in [-0.3, -0.25) is 4.79 Å². The van der Waals surface area contributed by atoms with Crippen molar-refractivity contribution in [1.29, 1.82) is 0 Å². The molecule has 4 rings (SSSR count). The molecule has 3 aliphatic rings. The maximum absolute atomic E-state index is 13.3. The molecule has 0 aliphatic carbocycles. The fourth-order valence-corrected chi connectivity index (χ4v) is 5.71. The van der Waals surface area contributed by atoms with E-state index in [1.807, 2.05) is 0 Å². The molecular weight excluding hydrogens is 423 g/mol. The Morgan fingerprint density at radius 1 is 1.03 bits per heavy atom. The van der Waals surface area contributed by atoms with E-state index in [2.05, 4.69) is 4.90 Å². The summed E-state index contributed by atoms with van der Waals surface area (Å²) in [6.07, 6.45) is 1.77. The molecule has 3 heterocycles. The quantitative estimate of drug-likeness (QED) is 0.675. The third-order valence-electron chi connectivity index (χ3n) is 7.08. The van der Waals surface area contributed by atoms with E-state index in [1.54, 1.807) is 21.9 Å². The predicted molar refractivity (Wildman–Crippen MR) is 113 cm³/mol. The van der Waals surface area contributed by atoms with Crippen molar-refractivity contribution in [2.45, 2.75) is 76.0 Å². The summed E-state index contributed by atoms with van der Waals surface area (Å²) < 4.78 is 42.9. The maximum atomic E-state index is 13.3.